The molecule has 3 N–H and O–H groups in total. The topological polar surface area (TPSA) is 72.5 Å². The Morgan fingerprint density at radius 1 is 1.58 bits per heavy atom. The molecule has 0 fully saturated rings. The maximum atomic E-state index is 10.4. The molecule has 0 radical (unpaired) electrons. The molecule has 2 atom stereocenters. The van der Waals surface area contributed by atoms with Gasteiger partial charge in [0, 0.05) is 7.11 Å². The van der Waals surface area contributed by atoms with Crippen molar-refractivity contribution in [1.29, 1.82) is 0 Å². The van der Waals surface area contributed by atoms with Crippen LogP contribution in [0.25, 0.3) is 0 Å². The summed E-state index contributed by atoms with van der Waals surface area (Å²) in [5.41, 5.74) is 5.35. The second-order valence-corrected chi connectivity index (χ2v) is 3.20. The molecular formula is C8H17NO3. The van der Waals surface area contributed by atoms with Gasteiger partial charge in [-0.1, -0.05) is 13.8 Å². The van der Waals surface area contributed by atoms with Gasteiger partial charge in [0.2, 0.25) is 0 Å². The molecule has 0 heterocycles. The normalized spacial score (nSPS) is 16.1. The van der Waals surface area contributed by atoms with Crippen molar-refractivity contribution < 1.29 is 14.6 Å². The molecule has 0 aliphatic carbocycles. The Kier molecular flexibility index (Phi) is 4.85. The van der Waals surface area contributed by atoms with E-state index in [1.165, 1.54) is 0 Å². The van der Waals surface area contributed by atoms with Crippen LogP contribution in [0.4, 0.5) is 0 Å². The molecule has 0 aromatic heterocycles. The third-order valence-corrected chi connectivity index (χ3v) is 1.85. The van der Waals surface area contributed by atoms with Gasteiger partial charge in [0.15, 0.2) is 0 Å². The Bertz CT molecular complexity index is 147. The molecule has 0 aromatic carbocycles. The van der Waals surface area contributed by atoms with E-state index < -0.39 is 12.0 Å². The summed E-state index contributed by atoms with van der Waals surface area (Å²) < 4.78 is 5.09. The molecule has 0 aliphatic heterocycles. The highest BCUT2D eigenvalue weighted by Crippen LogP contribution is 2.11. The summed E-state index contributed by atoms with van der Waals surface area (Å²) in [7, 11) is 1.57. The van der Waals surface area contributed by atoms with Gasteiger partial charge < -0.3 is 15.6 Å². The fourth-order valence-corrected chi connectivity index (χ4v) is 0.992. The van der Waals surface area contributed by atoms with Crippen LogP contribution >= 0.6 is 0 Å². The zero-order chi connectivity index (χ0) is 9.72. The van der Waals surface area contributed by atoms with Crippen molar-refractivity contribution in [2.45, 2.75) is 32.4 Å². The second-order valence-electron chi connectivity index (χ2n) is 3.20. The van der Waals surface area contributed by atoms with Gasteiger partial charge in [-0.25, -0.2) is 0 Å². The van der Waals surface area contributed by atoms with Crippen LogP contribution in [-0.2, 0) is 9.53 Å². The number of aliphatic carboxylic acids is 1. The summed E-state index contributed by atoms with van der Waals surface area (Å²) >= 11 is 0. The fraction of sp³-hybridized carbons (Fsp3) is 0.875. The molecular weight excluding hydrogens is 158 g/mol. The molecule has 12 heavy (non-hydrogen) atoms. The van der Waals surface area contributed by atoms with Gasteiger partial charge in [-0.05, 0) is 12.3 Å². The number of hydrogen-bond donors (Lipinski definition) is 2. The van der Waals surface area contributed by atoms with Crippen LogP contribution < -0.4 is 5.73 Å². The van der Waals surface area contributed by atoms with E-state index in [4.69, 9.17) is 15.6 Å². The molecule has 4 nitrogen and oxygen atoms in total. The Labute approximate surface area is 72.7 Å². The summed E-state index contributed by atoms with van der Waals surface area (Å²) in [5.74, 6) is -0.682. The lowest BCUT2D eigenvalue weighted by Crippen LogP contribution is -2.36. The number of carboxylic acid groups (broad SMARTS) is 1. The van der Waals surface area contributed by atoms with Crippen LogP contribution in [0.1, 0.15) is 20.3 Å². The van der Waals surface area contributed by atoms with E-state index in [1.54, 1.807) is 7.11 Å². The lowest BCUT2D eigenvalue weighted by atomic mass is 10.00. The first-order valence-corrected chi connectivity index (χ1v) is 4.00. The van der Waals surface area contributed by atoms with Crippen molar-refractivity contribution in [3.8, 4) is 0 Å². The average Bonchev–Trinajstić information content (AvgIpc) is 1.98. The van der Waals surface area contributed by atoms with Gasteiger partial charge in [-0.2, -0.15) is 0 Å². The van der Waals surface area contributed by atoms with E-state index in [2.05, 4.69) is 0 Å². The second kappa shape index (κ2) is 5.11. The maximum Gasteiger partial charge on any atom is 0.320 e. The highest BCUT2D eigenvalue weighted by Gasteiger charge is 2.20. The Hall–Kier alpha value is -0.610. The van der Waals surface area contributed by atoms with Gasteiger partial charge >= 0.3 is 5.97 Å². The monoisotopic (exact) mass is 175 g/mol. The third-order valence-electron chi connectivity index (χ3n) is 1.85. The predicted molar refractivity (Wildman–Crippen MR) is 45.9 cm³/mol. The van der Waals surface area contributed by atoms with E-state index in [0.717, 1.165) is 0 Å². The van der Waals surface area contributed by atoms with Crippen LogP contribution in [-0.4, -0.2) is 30.3 Å². The van der Waals surface area contributed by atoms with E-state index >= 15 is 0 Å². The SMILES string of the molecule is COC(CC(N)C(=O)O)C(C)C. The first kappa shape index (κ1) is 11.4. The molecule has 0 rings (SSSR count). The average molecular weight is 175 g/mol. The Morgan fingerprint density at radius 2 is 2.08 bits per heavy atom. The highest BCUT2D eigenvalue weighted by molar-refractivity contribution is 5.73. The number of carbonyl (C=O) groups is 1. The third kappa shape index (κ3) is 3.69. The van der Waals surface area contributed by atoms with Crippen LogP contribution in [0.3, 0.4) is 0 Å². The molecule has 0 bridgehead atoms. The largest absolute Gasteiger partial charge is 0.480 e. The Balaban J connectivity index is 3.93. The number of rotatable bonds is 5. The lowest BCUT2D eigenvalue weighted by Gasteiger charge is -2.20. The molecule has 0 saturated heterocycles. The van der Waals surface area contributed by atoms with Gasteiger partial charge in [0.05, 0.1) is 6.10 Å². The smallest absolute Gasteiger partial charge is 0.320 e. The van der Waals surface area contributed by atoms with Gasteiger partial charge in [-0.15, -0.1) is 0 Å². The summed E-state index contributed by atoms with van der Waals surface area (Å²) in [6.07, 6.45) is 0.292. The molecule has 0 amide bonds. The predicted octanol–water partition coefficient (Wildman–Crippen LogP) is 0.459. The zero-order valence-electron chi connectivity index (χ0n) is 7.78. The summed E-state index contributed by atoms with van der Waals surface area (Å²) in [6, 6.07) is -0.822. The number of nitrogens with two attached hydrogens (primary N) is 1. The fourth-order valence-electron chi connectivity index (χ4n) is 0.992. The molecule has 0 saturated carbocycles. The Morgan fingerprint density at radius 3 is 2.33 bits per heavy atom. The molecule has 72 valence electrons. The molecule has 0 spiro atoms. The van der Waals surface area contributed by atoms with Crippen LogP contribution in [0.15, 0.2) is 0 Å². The number of hydrogen-bond acceptors (Lipinski definition) is 3. The molecule has 4 heteroatoms. The quantitative estimate of drug-likeness (QED) is 0.636. The standard InChI is InChI=1S/C8H17NO3/c1-5(2)7(12-3)4-6(9)8(10)11/h5-7H,4,9H2,1-3H3,(H,10,11). The zero-order valence-corrected chi connectivity index (χ0v) is 7.78. The minimum absolute atomic E-state index is 0.0731. The van der Waals surface area contributed by atoms with Crippen molar-refractivity contribution >= 4 is 5.97 Å². The number of methoxy groups -OCH3 is 1. The van der Waals surface area contributed by atoms with Crippen molar-refractivity contribution in [2.24, 2.45) is 11.7 Å². The minimum atomic E-state index is -0.974. The van der Waals surface area contributed by atoms with Crippen LogP contribution in [0.5, 0.6) is 0 Å². The van der Waals surface area contributed by atoms with E-state index in [-0.39, 0.29) is 6.10 Å². The van der Waals surface area contributed by atoms with Crippen molar-refractivity contribution in [2.75, 3.05) is 7.11 Å². The molecule has 0 aliphatic rings. The highest BCUT2D eigenvalue weighted by atomic mass is 16.5. The van der Waals surface area contributed by atoms with Crippen molar-refractivity contribution in [3.05, 3.63) is 0 Å². The van der Waals surface area contributed by atoms with Crippen LogP contribution in [0, 0.1) is 5.92 Å². The van der Waals surface area contributed by atoms with E-state index in [9.17, 15) is 4.79 Å². The van der Waals surface area contributed by atoms with Crippen molar-refractivity contribution in [3.63, 3.8) is 0 Å². The van der Waals surface area contributed by atoms with E-state index in [0.29, 0.717) is 12.3 Å². The number of ether oxygens (including phenoxy) is 1. The van der Waals surface area contributed by atoms with E-state index in [1.807, 2.05) is 13.8 Å². The summed E-state index contributed by atoms with van der Waals surface area (Å²) in [6.45, 7) is 3.95. The van der Waals surface area contributed by atoms with Gasteiger partial charge in [0.1, 0.15) is 6.04 Å². The van der Waals surface area contributed by atoms with Crippen LogP contribution in [0.2, 0.25) is 0 Å². The minimum Gasteiger partial charge on any atom is -0.480 e. The van der Waals surface area contributed by atoms with Gasteiger partial charge in [-0.3, -0.25) is 4.79 Å². The van der Waals surface area contributed by atoms with Crippen molar-refractivity contribution in [1.82, 2.24) is 0 Å². The van der Waals surface area contributed by atoms with Gasteiger partial charge in [0.25, 0.3) is 0 Å². The molecule has 0 aromatic rings. The molecule has 2 unspecified atom stereocenters. The summed E-state index contributed by atoms with van der Waals surface area (Å²) in [4.78, 5) is 10.4. The summed E-state index contributed by atoms with van der Waals surface area (Å²) in [5, 5.41) is 8.53. The first-order chi connectivity index (χ1) is 5.49. The lowest BCUT2D eigenvalue weighted by molar-refractivity contribution is -0.139. The maximum absolute atomic E-state index is 10.4. The first-order valence-electron chi connectivity index (χ1n) is 4.00. The number of carboxylic acids is 1.